The van der Waals surface area contributed by atoms with Gasteiger partial charge in [0.15, 0.2) is 15.8 Å². The van der Waals surface area contributed by atoms with Crippen LogP contribution in [0.2, 0.25) is 0 Å². The van der Waals surface area contributed by atoms with Gasteiger partial charge in [0.25, 0.3) is 0 Å². The van der Waals surface area contributed by atoms with E-state index in [0.29, 0.717) is 25.0 Å². The molecule has 0 bridgehead atoms. The van der Waals surface area contributed by atoms with E-state index in [0.717, 1.165) is 17.9 Å². The van der Waals surface area contributed by atoms with E-state index in [2.05, 4.69) is 40.7 Å². The molecule has 0 saturated heterocycles. The summed E-state index contributed by atoms with van der Waals surface area (Å²) in [7, 11) is -1.31. The summed E-state index contributed by atoms with van der Waals surface area (Å²) in [5, 5.41) is 6.26. The van der Waals surface area contributed by atoms with Crippen LogP contribution in [0.5, 0.6) is 5.75 Å². The molecule has 1 aliphatic rings. The van der Waals surface area contributed by atoms with Crippen molar-refractivity contribution in [2.24, 2.45) is 10.9 Å². The highest BCUT2D eigenvalue weighted by Crippen LogP contribution is 2.30. The average molecular weight is 368 g/mol. The minimum atomic E-state index is -2.98. The number of sulfone groups is 1. The van der Waals surface area contributed by atoms with E-state index < -0.39 is 9.84 Å². The minimum Gasteiger partial charge on any atom is -0.493 e. The molecule has 0 atom stereocenters. The van der Waals surface area contributed by atoms with Crippen LogP contribution in [0.1, 0.15) is 30.9 Å². The molecule has 0 heterocycles. The Bertz CT molecular complexity index is 698. The standard InChI is InChI=1S/C18H29N3O3S/c1-4-25(22,23)10-9-20-18(19-3)21-12-16-8-5-14(2)11-17(16)24-13-15-6-7-15/h5,8,11,15H,4,6-7,9-10,12-13H2,1-3H3,(H2,19,20,21). The number of ether oxygens (including phenoxy) is 1. The Balaban J connectivity index is 1.87. The van der Waals surface area contributed by atoms with Crippen molar-refractivity contribution >= 4 is 15.8 Å². The van der Waals surface area contributed by atoms with Gasteiger partial charge in [-0.15, -0.1) is 0 Å². The van der Waals surface area contributed by atoms with Crippen LogP contribution >= 0.6 is 0 Å². The molecule has 1 saturated carbocycles. The second-order valence-corrected chi connectivity index (χ2v) is 8.93. The van der Waals surface area contributed by atoms with Crippen LogP contribution in [0.3, 0.4) is 0 Å². The molecule has 0 aromatic heterocycles. The van der Waals surface area contributed by atoms with Crippen molar-refractivity contribution in [2.45, 2.75) is 33.2 Å². The first-order chi connectivity index (χ1) is 11.9. The van der Waals surface area contributed by atoms with Crippen LogP contribution in [0.4, 0.5) is 0 Å². The van der Waals surface area contributed by atoms with E-state index in [9.17, 15) is 8.42 Å². The first-order valence-corrected chi connectivity index (χ1v) is 10.6. The van der Waals surface area contributed by atoms with Crippen molar-refractivity contribution in [3.8, 4) is 5.75 Å². The number of guanidine groups is 1. The summed E-state index contributed by atoms with van der Waals surface area (Å²) < 4.78 is 29.0. The third-order valence-corrected chi connectivity index (χ3v) is 5.92. The summed E-state index contributed by atoms with van der Waals surface area (Å²) in [6, 6.07) is 6.17. The van der Waals surface area contributed by atoms with Gasteiger partial charge in [-0.1, -0.05) is 19.1 Å². The molecule has 0 spiro atoms. The minimum absolute atomic E-state index is 0.102. The maximum atomic E-state index is 11.5. The second-order valence-electron chi connectivity index (χ2n) is 6.45. The molecule has 1 aliphatic carbocycles. The van der Waals surface area contributed by atoms with Gasteiger partial charge in [-0.2, -0.15) is 0 Å². The highest BCUT2D eigenvalue weighted by molar-refractivity contribution is 7.91. The van der Waals surface area contributed by atoms with E-state index >= 15 is 0 Å². The Kier molecular flexibility index (Phi) is 7.11. The molecule has 7 heteroatoms. The van der Waals surface area contributed by atoms with Crippen LogP contribution in [0, 0.1) is 12.8 Å². The van der Waals surface area contributed by atoms with Gasteiger partial charge in [0.1, 0.15) is 5.75 Å². The topological polar surface area (TPSA) is 79.8 Å². The molecule has 0 unspecified atom stereocenters. The fraction of sp³-hybridized carbons (Fsp3) is 0.611. The van der Waals surface area contributed by atoms with Gasteiger partial charge in [0.05, 0.1) is 12.4 Å². The number of hydrogen-bond donors (Lipinski definition) is 2. The monoisotopic (exact) mass is 367 g/mol. The van der Waals surface area contributed by atoms with Gasteiger partial charge in [0, 0.05) is 31.5 Å². The molecular weight excluding hydrogens is 338 g/mol. The van der Waals surface area contributed by atoms with Gasteiger partial charge in [-0.25, -0.2) is 8.42 Å². The zero-order valence-electron chi connectivity index (χ0n) is 15.3. The Labute approximate surface area is 151 Å². The molecule has 2 N–H and O–H groups in total. The molecule has 0 aliphatic heterocycles. The van der Waals surface area contributed by atoms with Crippen molar-refractivity contribution in [1.29, 1.82) is 0 Å². The maximum Gasteiger partial charge on any atom is 0.191 e. The van der Waals surface area contributed by atoms with Gasteiger partial charge in [0.2, 0.25) is 0 Å². The largest absolute Gasteiger partial charge is 0.493 e. The van der Waals surface area contributed by atoms with E-state index in [1.54, 1.807) is 14.0 Å². The zero-order chi connectivity index (χ0) is 18.3. The van der Waals surface area contributed by atoms with Gasteiger partial charge >= 0.3 is 0 Å². The summed E-state index contributed by atoms with van der Waals surface area (Å²) in [4.78, 5) is 4.14. The number of hydrogen-bond acceptors (Lipinski definition) is 4. The predicted octanol–water partition coefficient (Wildman–Crippen LogP) is 1.88. The highest BCUT2D eigenvalue weighted by atomic mass is 32.2. The lowest BCUT2D eigenvalue weighted by molar-refractivity contribution is 0.296. The fourth-order valence-corrected chi connectivity index (χ4v) is 3.00. The Morgan fingerprint density at radius 1 is 1.32 bits per heavy atom. The smallest absolute Gasteiger partial charge is 0.191 e. The number of aliphatic imine (C=N–C) groups is 1. The lowest BCUT2D eigenvalue weighted by atomic mass is 10.1. The molecule has 140 valence electrons. The summed E-state index contributed by atoms with van der Waals surface area (Å²) >= 11 is 0. The van der Waals surface area contributed by atoms with Crippen LogP contribution in [0.15, 0.2) is 23.2 Å². The van der Waals surface area contributed by atoms with Gasteiger partial charge in [-0.05, 0) is 37.3 Å². The molecule has 0 radical (unpaired) electrons. The van der Waals surface area contributed by atoms with E-state index in [1.807, 2.05) is 0 Å². The van der Waals surface area contributed by atoms with Crippen molar-refractivity contribution in [3.05, 3.63) is 29.3 Å². The van der Waals surface area contributed by atoms with E-state index in [-0.39, 0.29) is 11.5 Å². The summed E-state index contributed by atoms with van der Waals surface area (Å²) in [6.45, 7) is 5.40. The molecule has 1 fully saturated rings. The number of nitrogens with one attached hydrogen (secondary N) is 2. The first kappa shape index (κ1) is 19.6. The van der Waals surface area contributed by atoms with Crippen molar-refractivity contribution in [2.75, 3.05) is 31.7 Å². The van der Waals surface area contributed by atoms with Crippen LogP contribution < -0.4 is 15.4 Å². The number of benzene rings is 1. The number of rotatable bonds is 9. The zero-order valence-corrected chi connectivity index (χ0v) is 16.2. The van der Waals surface area contributed by atoms with Crippen LogP contribution in [-0.2, 0) is 16.4 Å². The van der Waals surface area contributed by atoms with Crippen molar-refractivity contribution < 1.29 is 13.2 Å². The summed E-state index contributed by atoms with van der Waals surface area (Å²) in [5.74, 6) is 2.45. The molecule has 1 aromatic carbocycles. The third-order valence-electron chi connectivity index (χ3n) is 4.21. The maximum absolute atomic E-state index is 11.5. The van der Waals surface area contributed by atoms with Gasteiger partial charge in [-0.3, -0.25) is 4.99 Å². The summed E-state index contributed by atoms with van der Waals surface area (Å²) in [5.41, 5.74) is 2.23. The second kappa shape index (κ2) is 9.08. The predicted molar refractivity (Wildman–Crippen MR) is 102 cm³/mol. The van der Waals surface area contributed by atoms with Crippen molar-refractivity contribution in [1.82, 2.24) is 10.6 Å². The molecule has 2 rings (SSSR count). The Hall–Kier alpha value is -1.76. The van der Waals surface area contributed by atoms with E-state index in [4.69, 9.17) is 4.74 Å². The summed E-state index contributed by atoms with van der Waals surface area (Å²) in [6.07, 6.45) is 2.52. The Morgan fingerprint density at radius 3 is 2.72 bits per heavy atom. The first-order valence-electron chi connectivity index (χ1n) is 8.80. The van der Waals surface area contributed by atoms with Crippen LogP contribution in [-0.4, -0.2) is 46.1 Å². The lowest BCUT2D eigenvalue weighted by Gasteiger charge is -2.15. The molecule has 6 nitrogen and oxygen atoms in total. The van der Waals surface area contributed by atoms with Crippen molar-refractivity contribution in [3.63, 3.8) is 0 Å². The SMILES string of the molecule is CCS(=O)(=O)CCNC(=NC)NCc1ccc(C)cc1OCC1CC1. The Morgan fingerprint density at radius 2 is 2.08 bits per heavy atom. The van der Waals surface area contributed by atoms with Crippen LogP contribution in [0.25, 0.3) is 0 Å². The van der Waals surface area contributed by atoms with E-state index in [1.165, 1.54) is 18.4 Å². The number of nitrogens with zero attached hydrogens (tertiary/aromatic N) is 1. The average Bonchev–Trinajstić information content (AvgIpc) is 3.41. The molecule has 25 heavy (non-hydrogen) atoms. The fourth-order valence-electron chi connectivity index (χ4n) is 2.30. The normalized spacial score (nSPS) is 15.1. The number of aryl methyl sites for hydroxylation is 1. The third kappa shape index (κ3) is 6.94. The quantitative estimate of drug-likeness (QED) is 0.515. The molecule has 0 amide bonds. The highest BCUT2D eigenvalue weighted by Gasteiger charge is 2.22. The van der Waals surface area contributed by atoms with Gasteiger partial charge < -0.3 is 15.4 Å². The molecular formula is C18H29N3O3S. The molecule has 1 aromatic rings. The lowest BCUT2D eigenvalue weighted by Crippen LogP contribution is -2.39.